The maximum Gasteiger partial charge on any atom is 0.153 e. The summed E-state index contributed by atoms with van der Waals surface area (Å²) in [5.41, 5.74) is 1.74. The van der Waals surface area contributed by atoms with E-state index in [0.717, 1.165) is 59.7 Å². The number of aliphatic imine (C=N–C) groups is 1. The summed E-state index contributed by atoms with van der Waals surface area (Å²) in [4.78, 5) is 10.3. The lowest BCUT2D eigenvalue weighted by atomic mass is 10.1. The van der Waals surface area contributed by atoms with E-state index in [9.17, 15) is 4.21 Å². The number of fused-ring (bicyclic) bond motifs is 2. The molecule has 1 atom stereocenters. The lowest BCUT2D eigenvalue weighted by Gasteiger charge is -2.34. The van der Waals surface area contributed by atoms with Gasteiger partial charge in [0, 0.05) is 48.1 Å². The number of likely N-dealkylation sites (N-methyl/N-ethyl adjacent to an activating group) is 1. The molecule has 0 bridgehead atoms. The van der Waals surface area contributed by atoms with Crippen molar-refractivity contribution >= 4 is 22.3 Å². The molecule has 0 aromatic heterocycles. The summed E-state index contributed by atoms with van der Waals surface area (Å²) < 4.78 is 18.1. The van der Waals surface area contributed by atoms with Crippen molar-refractivity contribution in [3.63, 3.8) is 0 Å². The highest BCUT2D eigenvalue weighted by Crippen LogP contribution is 2.38. The Labute approximate surface area is 150 Å². The Kier molecular flexibility index (Phi) is 4.31. The van der Waals surface area contributed by atoms with Crippen molar-refractivity contribution in [2.45, 2.75) is 4.90 Å². The topological polar surface area (TPSA) is 45.1 Å². The number of ether oxygens (including phenoxy) is 1. The van der Waals surface area contributed by atoms with E-state index in [2.05, 4.69) is 16.8 Å². The predicted molar refractivity (Wildman–Crippen MR) is 101 cm³/mol. The number of hydrogen-bond acceptors (Lipinski definition) is 5. The number of piperazine rings is 1. The van der Waals surface area contributed by atoms with E-state index in [1.165, 1.54) is 0 Å². The molecule has 1 fully saturated rings. The van der Waals surface area contributed by atoms with Crippen molar-refractivity contribution < 1.29 is 8.95 Å². The number of hydrogen-bond donors (Lipinski definition) is 0. The van der Waals surface area contributed by atoms with Crippen LogP contribution in [0.25, 0.3) is 0 Å². The van der Waals surface area contributed by atoms with Gasteiger partial charge in [-0.15, -0.1) is 0 Å². The highest BCUT2D eigenvalue weighted by molar-refractivity contribution is 7.84. The third-order valence-electron chi connectivity index (χ3n) is 4.64. The minimum atomic E-state index is -1.05. The third-order valence-corrected chi connectivity index (χ3v) is 5.56. The fraction of sp³-hybridized carbons (Fsp3) is 0.316. The first-order valence-electron chi connectivity index (χ1n) is 8.39. The van der Waals surface area contributed by atoms with Crippen LogP contribution in [-0.2, 0) is 10.8 Å². The molecule has 4 rings (SSSR count). The summed E-state index contributed by atoms with van der Waals surface area (Å²) in [6.07, 6.45) is 1.70. The second-order valence-electron chi connectivity index (χ2n) is 6.41. The Morgan fingerprint density at radius 2 is 1.80 bits per heavy atom. The molecule has 2 heterocycles. The Morgan fingerprint density at radius 1 is 1.04 bits per heavy atom. The number of rotatable bonds is 1. The zero-order chi connectivity index (χ0) is 17.4. The summed E-state index contributed by atoms with van der Waals surface area (Å²) in [6.45, 7) is 3.82. The molecule has 0 spiro atoms. The number of amidine groups is 1. The summed E-state index contributed by atoms with van der Waals surface area (Å²) in [6, 6.07) is 13.5. The van der Waals surface area contributed by atoms with E-state index >= 15 is 0 Å². The minimum absolute atomic E-state index is 0.748. The van der Waals surface area contributed by atoms with Crippen molar-refractivity contribution in [1.29, 1.82) is 0 Å². The second-order valence-corrected chi connectivity index (χ2v) is 7.79. The summed E-state index contributed by atoms with van der Waals surface area (Å²) in [7, 11) is 1.09. The van der Waals surface area contributed by atoms with Gasteiger partial charge in [-0.2, -0.15) is 0 Å². The largest absolute Gasteiger partial charge is 0.454 e. The molecule has 5 nitrogen and oxygen atoms in total. The predicted octanol–water partition coefficient (Wildman–Crippen LogP) is 2.86. The minimum Gasteiger partial charge on any atom is -0.454 e. The van der Waals surface area contributed by atoms with Crippen LogP contribution in [0, 0.1) is 0 Å². The van der Waals surface area contributed by atoms with Crippen LogP contribution in [0.15, 0.2) is 52.4 Å². The Morgan fingerprint density at radius 3 is 2.56 bits per heavy atom. The van der Waals surface area contributed by atoms with Gasteiger partial charge in [0.05, 0.1) is 5.56 Å². The van der Waals surface area contributed by atoms with Gasteiger partial charge in [0.25, 0.3) is 0 Å². The van der Waals surface area contributed by atoms with Crippen LogP contribution < -0.4 is 4.74 Å². The zero-order valence-electron chi connectivity index (χ0n) is 14.4. The van der Waals surface area contributed by atoms with Crippen molar-refractivity contribution in [2.75, 3.05) is 39.5 Å². The van der Waals surface area contributed by atoms with Gasteiger partial charge in [-0.25, -0.2) is 4.99 Å². The lowest BCUT2D eigenvalue weighted by Crippen LogP contribution is -2.47. The van der Waals surface area contributed by atoms with E-state index in [1.807, 2.05) is 42.5 Å². The lowest BCUT2D eigenvalue weighted by molar-refractivity contribution is 0.215. The summed E-state index contributed by atoms with van der Waals surface area (Å²) >= 11 is 0. The molecule has 25 heavy (non-hydrogen) atoms. The molecule has 6 heteroatoms. The van der Waals surface area contributed by atoms with Crippen LogP contribution in [0.4, 0.5) is 5.69 Å². The quantitative estimate of drug-likeness (QED) is 0.789. The second kappa shape index (κ2) is 6.61. The van der Waals surface area contributed by atoms with Gasteiger partial charge >= 0.3 is 0 Å². The summed E-state index contributed by atoms with van der Waals surface area (Å²) in [5, 5.41) is 0. The monoisotopic (exact) mass is 355 g/mol. The normalized spacial score (nSPS) is 18.5. The summed E-state index contributed by atoms with van der Waals surface area (Å²) in [5.74, 6) is 2.41. The number of nitrogens with zero attached hydrogens (tertiary/aromatic N) is 3. The first-order valence-corrected chi connectivity index (χ1v) is 9.94. The van der Waals surface area contributed by atoms with Crippen LogP contribution in [-0.4, -0.2) is 59.3 Å². The van der Waals surface area contributed by atoms with E-state index in [1.54, 1.807) is 6.26 Å². The molecule has 130 valence electrons. The Bertz CT molecular complexity index is 857. The van der Waals surface area contributed by atoms with Gasteiger partial charge in [-0.05, 0) is 37.4 Å². The van der Waals surface area contributed by atoms with Gasteiger partial charge in [0.1, 0.15) is 17.3 Å². The molecule has 0 radical (unpaired) electrons. The molecule has 2 aliphatic rings. The molecule has 2 aromatic rings. The van der Waals surface area contributed by atoms with Crippen molar-refractivity contribution in [3.05, 3.63) is 48.0 Å². The van der Waals surface area contributed by atoms with Gasteiger partial charge in [0.15, 0.2) is 5.75 Å². The Hall–Kier alpha value is -2.18. The standard InChI is InChI=1S/C19H21N3O2S/c1-21-9-11-22(12-10-21)19-15-13-14(25(2)23)7-8-17(15)24-18-6-4-3-5-16(18)20-19/h3-8,13H,9-12H2,1-2H3. The molecule has 2 aliphatic heterocycles. The van der Waals surface area contributed by atoms with Crippen LogP contribution in [0.1, 0.15) is 5.56 Å². The molecule has 0 amide bonds. The maximum absolute atomic E-state index is 12.0. The van der Waals surface area contributed by atoms with Crippen molar-refractivity contribution in [1.82, 2.24) is 9.80 Å². The van der Waals surface area contributed by atoms with E-state index in [-0.39, 0.29) is 0 Å². The highest BCUT2D eigenvalue weighted by Gasteiger charge is 2.25. The fourth-order valence-electron chi connectivity index (χ4n) is 3.14. The molecule has 1 unspecified atom stereocenters. The van der Waals surface area contributed by atoms with Crippen LogP contribution in [0.2, 0.25) is 0 Å². The molecule has 0 aliphatic carbocycles. The van der Waals surface area contributed by atoms with Crippen molar-refractivity contribution in [3.8, 4) is 11.5 Å². The van der Waals surface area contributed by atoms with Crippen molar-refractivity contribution in [2.24, 2.45) is 4.99 Å². The van der Waals surface area contributed by atoms with Gasteiger partial charge in [0.2, 0.25) is 0 Å². The van der Waals surface area contributed by atoms with Gasteiger partial charge in [-0.1, -0.05) is 12.1 Å². The number of para-hydroxylation sites is 2. The molecular formula is C19H21N3O2S. The molecule has 1 saturated heterocycles. The first kappa shape index (κ1) is 16.3. The smallest absolute Gasteiger partial charge is 0.153 e. The fourth-order valence-corrected chi connectivity index (χ4v) is 3.68. The molecule has 0 N–H and O–H groups in total. The molecule has 2 aromatic carbocycles. The van der Waals surface area contributed by atoms with Gasteiger partial charge < -0.3 is 14.5 Å². The van der Waals surface area contributed by atoms with Crippen LogP contribution in [0.3, 0.4) is 0 Å². The van der Waals surface area contributed by atoms with E-state index in [0.29, 0.717) is 0 Å². The maximum atomic E-state index is 12.0. The number of benzene rings is 2. The Balaban J connectivity index is 1.85. The average Bonchev–Trinajstić information content (AvgIpc) is 2.78. The highest BCUT2D eigenvalue weighted by atomic mass is 32.2. The zero-order valence-corrected chi connectivity index (χ0v) is 15.3. The van der Waals surface area contributed by atoms with Gasteiger partial charge in [-0.3, -0.25) is 4.21 Å². The van der Waals surface area contributed by atoms with E-state index in [4.69, 9.17) is 9.73 Å². The SMILES string of the molecule is CN1CCN(C2=Nc3ccccc3Oc3ccc(S(C)=O)cc32)CC1. The van der Waals surface area contributed by atoms with Crippen LogP contribution >= 0.6 is 0 Å². The first-order chi connectivity index (χ1) is 12.1. The average molecular weight is 355 g/mol. The molecule has 0 saturated carbocycles. The van der Waals surface area contributed by atoms with Crippen LogP contribution in [0.5, 0.6) is 11.5 Å². The third kappa shape index (κ3) is 3.19. The van der Waals surface area contributed by atoms with E-state index < -0.39 is 10.8 Å². The molecular weight excluding hydrogens is 334 g/mol.